The maximum Gasteiger partial charge on any atom is 0.414 e. The van der Waals surface area contributed by atoms with Gasteiger partial charge in [0.25, 0.3) is 0 Å². The van der Waals surface area contributed by atoms with Crippen LogP contribution in [0, 0.1) is 0 Å². The van der Waals surface area contributed by atoms with Gasteiger partial charge in [-0.2, -0.15) is 5.10 Å². The molecule has 1 saturated heterocycles. The number of amides is 2. The highest BCUT2D eigenvalue weighted by Gasteiger charge is 2.33. The summed E-state index contributed by atoms with van der Waals surface area (Å²) in [6.07, 6.45) is 1.86. The van der Waals surface area contributed by atoms with Crippen LogP contribution in [-0.2, 0) is 22.5 Å². The highest BCUT2D eigenvalue weighted by Crippen LogP contribution is 2.39. The fourth-order valence-corrected chi connectivity index (χ4v) is 4.16. The van der Waals surface area contributed by atoms with Gasteiger partial charge in [0.15, 0.2) is 0 Å². The van der Waals surface area contributed by atoms with Crippen molar-refractivity contribution in [3.63, 3.8) is 0 Å². The second kappa shape index (κ2) is 8.37. The molecule has 2 aliphatic rings. The maximum atomic E-state index is 12.4. The number of fused-ring (bicyclic) bond motifs is 3. The Hall–Kier alpha value is -3.81. The highest BCUT2D eigenvalue weighted by molar-refractivity contribution is 5.91. The summed E-state index contributed by atoms with van der Waals surface area (Å²) in [7, 11) is 0. The van der Waals surface area contributed by atoms with Crippen molar-refractivity contribution < 1.29 is 19.1 Å². The molecule has 32 heavy (non-hydrogen) atoms. The topological polar surface area (TPSA) is 85.7 Å². The summed E-state index contributed by atoms with van der Waals surface area (Å²) in [5.41, 5.74) is 5.02. The van der Waals surface area contributed by atoms with Crippen molar-refractivity contribution in [3.8, 4) is 17.0 Å². The zero-order valence-corrected chi connectivity index (χ0v) is 17.8. The smallest absolute Gasteiger partial charge is 0.414 e. The number of carbonyl (C=O) groups is 2. The van der Waals surface area contributed by atoms with Gasteiger partial charge >= 0.3 is 6.09 Å². The molecule has 0 bridgehead atoms. The average Bonchev–Trinajstić information content (AvgIpc) is 3.30. The predicted octanol–water partition coefficient (Wildman–Crippen LogP) is 2.99. The molecule has 3 aromatic rings. The van der Waals surface area contributed by atoms with Crippen LogP contribution in [-0.4, -0.2) is 47.6 Å². The van der Waals surface area contributed by atoms with Crippen LogP contribution in [0.25, 0.3) is 11.3 Å². The van der Waals surface area contributed by atoms with E-state index >= 15 is 0 Å². The van der Waals surface area contributed by atoms with Gasteiger partial charge in [0.1, 0.15) is 11.9 Å². The second-order valence-corrected chi connectivity index (χ2v) is 7.99. The van der Waals surface area contributed by atoms with Crippen LogP contribution >= 0.6 is 0 Å². The van der Waals surface area contributed by atoms with E-state index in [-0.39, 0.29) is 12.0 Å². The monoisotopic (exact) mass is 432 g/mol. The highest BCUT2D eigenvalue weighted by atomic mass is 16.6. The molecule has 2 aromatic carbocycles. The third kappa shape index (κ3) is 3.91. The molecular weight excluding hydrogens is 408 g/mol. The minimum Gasteiger partial charge on any atom is -0.492 e. The summed E-state index contributed by atoms with van der Waals surface area (Å²) in [5.74, 6) is 0.565. The minimum absolute atomic E-state index is 0.152. The molecule has 8 nitrogen and oxygen atoms in total. The average molecular weight is 432 g/mol. The number of hydrogen-bond acceptors (Lipinski definition) is 5. The molecule has 0 spiro atoms. The molecule has 0 unspecified atom stereocenters. The maximum absolute atomic E-state index is 12.4. The SMILES string of the molecule is CC(=O)NC[C@H]1CN(c2ccc3c(c2)OCCc2cnn(Cc4ccccc4)c2-3)C(=O)O1. The third-order valence-corrected chi connectivity index (χ3v) is 5.70. The first-order chi connectivity index (χ1) is 15.6. The second-order valence-electron chi connectivity index (χ2n) is 7.99. The van der Waals surface area contributed by atoms with Gasteiger partial charge < -0.3 is 14.8 Å². The molecule has 1 aromatic heterocycles. The normalized spacial score (nSPS) is 17.1. The van der Waals surface area contributed by atoms with E-state index in [4.69, 9.17) is 9.47 Å². The summed E-state index contributed by atoms with van der Waals surface area (Å²) in [6, 6.07) is 16.0. The van der Waals surface area contributed by atoms with Crippen LogP contribution in [0.15, 0.2) is 54.7 Å². The lowest BCUT2D eigenvalue weighted by molar-refractivity contribution is -0.119. The fourth-order valence-electron chi connectivity index (χ4n) is 4.16. The molecule has 0 radical (unpaired) electrons. The minimum atomic E-state index is -0.427. The van der Waals surface area contributed by atoms with Crippen molar-refractivity contribution in [1.29, 1.82) is 0 Å². The summed E-state index contributed by atoms with van der Waals surface area (Å²) < 4.78 is 13.5. The van der Waals surface area contributed by atoms with E-state index in [0.717, 1.165) is 23.2 Å². The van der Waals surface area contributed by atoms with E-state index in [2.05, 4.69) is 22.5 Å². The van der Waals surface area contributed by atoms with Crippen LogP contribution in [0.4, 0.5) is 10.5 Å². The summed E-state index contributed by atoms with van der Waals surface area (Å²) >= 11 is 0. The van der Waals surface area contributed by atoms with Crippen LogP contribution in [0.1, 0.15) is 18.1 Å². The van der Waals surface area contributed by atoms with Crippen molar-refractivity contribution in [2.75, 3.05) is 24.6 Å². The standard InChI is InChI=1S/C24H24N4O4/c1-16(29)25-13-20-15-27(24(30)32-20)19-7-8-21-22(11-19)31-10-9-18-12-26-28(23(18)21)14-17-5-3-2-4-6-17/h2-8,11-12,20H,9-10,13-15H2,1H3,(H,25,29)/t20-/m0/s1. The molecule has 1 N–H and O–H groups in total. The van der Waals surface area contributed by atoms with Crippen LogP contribution in [0.3, 0.4) is 0 Å². The number of rotatable bonds is 5. The van der Waals surface area contributed by atoms with Gasteiger partial charge in [-0.15, -0.1) is 0 Å². The lowest BCUT2D eigenvalue weighted by atomic mass is 10.0. The summed E-state index contributed by atoms with van der Waals surface area (Å²) in [6.45, 7) is 3.31. The molecular formula is C24H24N4O4. The molecule has 0 saturated carbocycles. The number of hydrogen-bond donors (Lipinski definition) is 1. The van der Waals surface area contributed by atoms with Crippen LogP contribution in [0.2, 0.25) is 0 Å². The van der Waals surface area contributed by atoms with Gasteiger partial charge in [0.05, 0.1) is 43.8 Å². The van der Waals surface area contributed by atoms with Gasteiger partial charge in [-0.25, -0.2) is 4.79 Å². The number of carbonyl (C=O) groups excluding carboxylic acids is 2. The van der Waals surface area contributed by atoms with Gasteiger partial charge in [-0.3, -0.25) is 14.4 Å². The number of nitrogens with zero attached hydrogens (tertiary/aromatic N) is 3. The Morgan fingerprint density at radius 2 is 2.06 bits per heavy atom. The zero-order valence-electron chi connectivity index (χ0n) is 17.8. The number of anilines is 1. The molecule has 2 aliphatic heterocycles. The van der Waals surface area contributed by atoms with E-state index in [0.29, 0.717) is 37.7 Å². The number of benzene rings is 2. The van der Waals surface area contributed by atoms with E-state index in [1.54, 1.807) is 4.90 Å². The number of cyclic esters (lactones) is 1. The fraction of sp³-hybridized carbons (Fsp3) is 0.292. The summed E-state index contributed by atoms with van der Waals surface area (Å²) in [5, 5.41) is 7.33. The first-order valence-electron chi connectivity index (χ1n) is 10.7. The van der Waals surface area contributed by atoms with Crippen molar-refractivity contribution in [1.82, 2.24) is 15.1 Å². The first kappa shape index (κ1) is 20.1. The van der Waals surface area contributed by atoms with Crippen molar-refractivity contribution >= 4 is 17.7 Å². The van der Waals surface area contributed by atoms with E-state index in [9.17, 15) is 9.59 Å². The van der Waals surface area contributed by atoms with Crippen molar-refractivity contribution in [2.45, 2.75) is 26.0 Å². The Labute approximate surface area is 185 Å². The Bertz CT molecular complexity index is 1160. The number of nitrogens with one attached hydrogen (secondary N) is 1. The lowest BCUT2D eigenvalue weighted by Gasteiger charge is -2.17. The zero-order chi connectivity index (χ0) is 22.1. The van der Waals surface area contributed by atoms with Crippen LogP contribution in [0.5, 0.6) is 5.75 Å². The van der Waals surface area contributed by atoms with Crippen molar-refractivity contribution in [2.24, 2.45) is 0 Å². The Balaban J connectivity index is 1.43. The Morgan fingerprint density at radius 3 is 2.88 bits per heavy atom. The molecule has 8 heteroatoms. The number of aromatic nitrogens is 2. The Morgan fingerprint density at radius 1 is 1.22 bits per heavy atom. The summed E-state index contributed by atoms with van der Waals surface area (Å²) in [4.78, 5) is 25.1. The third-order valence-electron chi connectivity index (χ3n) is 5.70. The van der Waals surface area contributed by atoms with Gasteiger partial charge in [-0.1, -0.05) is 30.3 Å². The van der Waals surface area contributed by atoms with Gasteiger partial charge in [0, 0.05) is 30.5 Å². The molecule has 164 valence electrons. The van der Waals surface area contributed by atoms with E-state index < -0.39 is 6.09 Å². The largest absolute Gasteiger partial charge is 0.492 e. The number of ether oxygens (including phenoxy) is 2. The molecule has 2 amide bonds. The quantitative estimate of drug-likeness (QED) is 0.670. The van der Waals surface area contributed by atoms with Crippen LogP contribution < -0.4 is 15.0 Å². The lowest BCUT2D eigenvalue weighted by Crippen LogP contribution is -2.33. The van der Waals surface area contributed by atoms with E-state index in [1.165, 1.54) is 12.5 Å². The molecule has 0 aliphatic carbocycles. The Kier molecular flexibility index (Phi) is 5.26. The van der Waals surface area contributed by atoms with Crippen molar-refractivity contribution in [3.05, 3.63) is 65.9 Å². The van der Waals surface area contributed by atoms with E-state index in [1.807, 2.05) is 47.3 Å². The van der Waals surface area contributed by atoms with Gasteiger partial charge in [0.2, 0.25) is 5.91 Å². The molecule has 1 atom stereocenters. The predicted molar refractivity (Wildman–Crippen MR) is 119 cm³/mol. The molecule has 5 rings (SSSR count). The molecule has 1 fully saturated rings. The van der Waals surface area contributed by atoms with Gasteiger partial charge in [-0.05, 0) is 17.7 Å². The first-order valence-corrected chi connectivity index (χ1v) is 10.7. The molecule has 3 heterocycles.